The smallest absolute Gasteiger partial charge is 0.311 e. The van der Waals surface area contributed by atoms with Crippen molar-refractivity contribution in [1.82, 2.24) is 10.2 Å². The fraction of sp³-hybridized carbons (Fsp3) is 0.650. The van der Waals surface area contributed by atoms with Crippen LogP contribution in [0.5, 0.6) is 0 Å². The Morgan fingerprint density at radius 3 is 2.63 bits per heavy atom. The number of likely N-dealkylation sites (tertiary alicyclic amines) is 1. The van der Waals surface area contributed by atoms with Crippen molar-refractivity contribution in [3.8, 4) is 0 Å². The predicted molar refractivity (Wildman–Crippen MR) is 99.8 cm³/mol. The molecule has 1 fully saturated rings. The maximum atomic E-state index is 12.7. The lowest BCUT2D eigenvalue weighted by Gasteiger charge is -2.36. The number of fused-ring (bicyclic) bond motifs is 1. The second kappa shape index (κ2) is 8.61. The van der Waals surface area contributed by atoms with E-state index in [1.54, 1.807) is 0 Å². The van der Waals surface area contributed by atoms with E-state index in [-0.39, 0.29) is 18.5 Å². The van der Waals surface area contributed by atoms with Crippen LogP contribution in [0.4, 0.5) is 18.9 Å². The summed E-state index contributed by atoms with van der Waals surface area (Å²) in [6.45, 7) is 3.13. The molecule has 150 valence electrons. The molecule has 2 heterocycles. The highest BCUT2D eigenvalue weighted by Gasteiger charge is 2.33. The summed E-state index contributed by atoms with van der Waals surface area (Å²) in [4.78, 5) is 16.0. The van der Waals surface area contributed by atoms with Gasteiger partial charge >= 0.3 is 6.18 Å². The highest BCUT2D eigenvalue weighted by molar-refractivity contribution is 5.95. The van der Waals surface area contributed by atoms with Crippen molar-refractivity contribution in [3.63, 3.8) is 0 Å². The molecule has 0 saturated carbocycles. The highest BCUT2D eigenvalue weighted by Crippen LogP contribution is 2.27. The van der Waals surface area contributed by atoms with Crippen LogP contribution in [0.25, 0.3) is 0 Å². The molecule has 7 heteroatoms. The number of amides is 1. The molecule has 0 aromatic heterocycles. The zero-order valence-corrected chi connectivity index (χ0v) is 15.8. The molecule has 0 bridgehead atoms. The second-order valence-electron chi connectivity index (χ2n) is 7.68. The summed E-state index contributed by atoms with van der Waals surface area (Å²) in [5, 5.41) is 3.31. The summed E-state index contributed by atoms with van der Waals surface area (Å²) < 4.78 is 37.5. The fourth-order valence-corrected chi connectivity index (χ4v) is 4.17. The van der Waals surface area contributed by atoms with E-state index in [2.05, 4.69) is 11.4 Å². The lowest BCUT2D eigenvalue weighted by Crippen LogP contribution is -2.48. The van der Waals surface area contributed by atoms with Gasteiger partial charge in [0.05, 0.1) is 13.1 Å². The number of rotatable bonds is 5. The van der Waals surface area contributed by atoms with Crippen molar-refractivity contribution in [2.45, 2.75) is 44.8 Å². The fourth-order valence-electron chi connectivity index (χ4n) is 4.17. The van der Waals surface area contributed by atoms with Crippen LogP contribution in [0, 0.1) is 5.92 Å². The second-order valence-corrected chi connectivity index (χ2v) is 7.68. The Balaban J connectivity index is 1.46. The molecule has 3 rings (SSSR count). The molecule has 0 aliphatic carbocycles. The maximum absolute atomic E-state index is 12.7. The molecular weight excluding hydrogens is 355 g/mol. The van der Waals surface area contributed by atoms with Crippen LogP contribution in [0.1, 0.15) is 31.7 Å². The third-order valence-corrected chi connectivity index (χ3v) is 5.73. The van der Waals surface area contributed by atoms with Crippen LogP contribution < -0.4 is 10.2 Å². The summed E-state index contributed by atoms with van der Waals surface area (Å²) in [6.07, 6.45) is -0.708. The number of carbonyl (C=O) groups excluding carboxylic acids is 1. The lowest BCUT2D eigenvalue weighted by atomic mass is 9.90. The van der Waals surface area contributed by atoms with Gasteiger partial charge in [-0.15, -0.1) is 0 Å². The maximum Gasteiger partial charge on any atom is 0.401 e. The standard InChI is InChI=1S/C20H28F3N3O/c1-15(16-8-11-25(12-9-16)14-20(21,22)23)24-13-19(27)26-10-4-6-17-5-2-3-7-18(17)26/h2-3,5,7,15-16,24H,4,6,8-14H2,1H3/t15-/m0/s1. The van der Waals surface area contributed by atoms with Gasteiger partial charge in [0.25, 0.3) is 0 Å². The normalized spacial score (nSPS) is 20.4. The van der Waals surface area contributed by atoms with Crippen molar-refractivity contribution in [2.24, 2.45) is 5.92 Å². The average molecular weight is 383 g/mol. The molecule has 27 heavy (non-hydrogen) atoms. The van der Waals surface area contributed by atoms with Gasteiger partial charge in [0.15, 0.2) is 0 Å². The van der Waals surface area contributed by atoms with Crippen LogP contribution in [0.15, 0.2) is 24.3 Å². The quantitative estimate of drug-likeness (QED) is 0.848. The molecular formula is C20H28F3N3O. The number of halogens is 3. The minimum atomic E-state index is -4.13. The number of benzene rings is 1. The summed E-state index contributed by atoms with van der Waals surface area (Å²) >= 11 is 0. The average Bonchev–Trinajstić information content (AvgIpc) is 2.64. The van der Waals surface area contributed by atoms with Crippen LogP contribution in [0.2, 0.25) is 0 Å². The van der Waals surface area contributed by atoms with E-state index in [1.807, 2.05) is 30.0 Å². The predicted octanol–water partition coefficient (Wildman–Crippen LogP) is 3.22. The van der Waals surface area contributed by atoms with E-state index in [0.717, 1.165) is 37.9 Å². The number of hydrogen-bond acceptors (Lipinski definition) is 3. The minimum Gasteiger partial charge on any atom is -0.311 e. The Morgan fingerprint density at radius 1 is 1.22 bits per heavy atom. The number of piperidine rings is 1. The van der Waals surface area contributed by atoms with Crippen molar-refractivity contribution in [3.05, 3.63) is 29.8 Å². The van der Waals surface area contributed by atoms with Gasteiger partial charge in [-0.05, 0) is 63.2 Å². The highest BCUT2D eigenvalue weighted by atomic mass is 19.4. The van der Waals surface area contributed by atoms with Gasteiger partial charge in [-0.3, -0.25) is 9.69 Å². The number of nitrogens with zero attached hydrogens (tertiary/aromatic N) is 2. The number of hydrogen-bond donors (Lipinski definition) is 1. The molecule has 4 nitrogen and oxygen atoms in total. The molecule has 1 saturated heterocycles. The van der Waals surface area contributed by atoms with Crippen molar-refractivity contribution < 1.29 is 18.0 Å². The number of nitrogens with one attached hydrogen (secondary N) is 1. The topological polar surface area (TPSA) is 35.6 Å². The van der Waals surface area contributed by atoms with Crippen LogP contribution >= 0.6 is 0 Å². The molecule has 1 amide bonds. The molecule has 0 radical (unpaired) electrons. The third-order valence-electron chi connectivity index (χ3n) is 5.73. The summed E-state index contributed by atoms with van der Waals surface area (Å²) in [6, 6.07) is 8.13. The molecule has 1 aromatic rings. The van der Waals surface area contributed by atoms with E-state index >= 15 is 0 Å². The Morgan fingerprint density at radius 2 is 1.93 bits per heavy atom. The summed E-state index contributed by atoms with van der Waals surface area (Å²) in [7, 11) is 0. The van der Waals surface area contributed by atoms with Gasteiger partial charge in [-0.2, -0.15) is 13.2 Å². The number of carbonyl (C=O) groups is 1. The van der Waals surface area contributed by atoms with Gasteiger partial charge in [-0.25, -0.2) is 0 Å². The van der Waals surface area contributed by atoms with E-state index in [1.165, 1.54) is 10.5 Å². The number of para-hydroxylation sites is 1. The SMILES string of the molecule is C[C@H](NCC(=O)N1CCCc2ccccc21)C1CCN(CC(F)(F)F)CC1. The molecule has 1 atom stereocenters. The van der Waals surface area contributed by atoms with Crippen molar-refractivity contribution >= 4 is 11.6 Å². The zero-order chi connectivity index (χ0) is 19.4. The zero-order valence-electron chi connectivity index (χ0n) is 15.8. The molecule has 0 unspecified atom stereocenters. The molecule has 1 aromatic carbocycles. The molecule has 2 aliphatic heterocycles. The first-order valence-electron chi connectivity index (χ1n) is 9.74. The van der Waals surface area contributed by atoms with Crippen LogP contribution in [0.3, 0.4) is 0 Å². The Bertz CT molecular complexity index is 642. The Labute approximate surface area is 158 Å². The molecule has 2 aliphatic rings. The summed E-state index contributed by atoms with van der Waals surface area (Å²) in [5.74, 6) is 0.361. The largest absolute Gasteiger partial charge is 0.401 e. The van der Waals surface area contributed by atoms with Gasteiger partial charge < -0.3 is 10.2 Å². The lowest BCUT2D eigenvalue weighted by molar-refractivity contribution is -0.148. The van der Waals surface area contributed by atoms with E-state index in [4.69, 9.17) is 0 Å². The van der Waals surface area contributed by atoms with Gasteiger partial charge in [0.2, 0.25) is 5.91 Å². The van der Waals surface area contributed by atoms with E-state index in [9.17, 15) is 18.0 Å². The van der Waals surface area contributed by atoms with E-state index in [0.29, 0.717) is 19.0 Å². The minimum absolute atomic E-state index is 0.0588. The third kappa shape index (κ3) is 5.45. The van der Waals surface area contributed by atoms with Gasteiger partial charge in [0, 0.05) is 18.3 Å². The first-order valence-corrected chi connectivity index (χ1v) is 9.74. The Kier molecular flexibility index (Phi) is 6.42. The summed E-state index contributed by atoms with van der Waals surface area (Å²) in [5.41, 5.74) is 2.21. The number of alkyl halides is 3. The number of anilines is 1. The first kappa shape index (κ1) is 20.1. The first-order chi connectivity index (χ1) is 12.8. The van der Waals surface area contributed by atoms with E-state index < -0.39 is 12.7 Å². The molecule has 1 N–H and O–H groups in total. The number of aryl methyl sites for hydroxylation is 1. The molecule has 0 spiro atoms. The van der Waals surface area contributed by atoms with Crippen molar-refractivity contribution in [2.75, 3.05) is 37.6 Å². The van der Waals surface area contributed by atoms with Crippen molar-refractivity contribution in [1.29, 1.82) is 0 Å². The van der Waals surface area contributed by atoms with Gasteiger partial charge in [0.1, 0.15) is 0 Å². The monoisotopic (exact) mass is 383 g/mol. The van der Waals surface area contributed by atoms with Crippen LogP contribution in [-0.4, -0.2) is 55.7 Å². The van der Waals surface area contributed by atoms with Gasteiger partial charge in [-0.1, -0.05) is 18.2 Å². The van der Waals surface area contributed by atoms with Crippen LogP contribution in [-0.2, 0) is 11.2 Å². The Hall–Kier alpha value is -1.60.